The summed E-state index contributed by atoms with van der Waals surface area (Å²) in [6, 6.07) is 9.49. The smallest absolute Gasteiger partial charge is 0.162 e. The zero-order chi connectivity index (χ0) is 15.4. The minimum Gasteiger partial charge on any atom is -0.493 e. The number of rotatable bonds is 5. The standard InChI is InChI=1S/C16H16ClFO3/c1-20-15-8-11(12(17)9-16(15)21-2)14(19)7-10-5-3-4-6-13(10)18/h3-6,8-9,14,19H,7H2,1-2H3. The summed E-state index contributed by atoms with van der Waals surface area (Å²) in [7, 11) is 3.00. The van der Waals surface area contributed by atoms with Crippen LogP contribution in [0.15, 0.2) is 36.4 Å². The Bertz CT molecular complexity index is 631. The molecule has 0 saturated carbocycles. The predicted octanol–water partition coefficient (Wildman–Crippen LogP) is 3.77. The third-order valence-electron chi connectivity index (χ3n) is 3.23. The van der Waals surface area contributed by atoms with Gasteiger partial charge < -0.3 is 14.6 Å². The molecule has 0 radical (unpaired) electrons. The van der Waals surface area contributed by atoms with Crippen LogP contribution in [0, 0.1) is 5.82 Å². The first-order chi connectivity index (χ1) is 10.1. The maximum atomic E-state index is 13.6. The largest absolute Gasteiger partial charge is 0.493 e. The van der Waals surface area contributed by atoms with Crippen molar-refractivity contribution in [2.45, 2.75) is 12.5 Å². The number of halogens is 2. The predicted molar refractivity (Wildman–Crippen MR) is 79.6 cm³/mol. The summed E-state index contributed by atoms with van der Waals surface area (Å²) >= 11 is 6.15. The SMILES string of the molecule is COc1cc(Cl)c(C(O)Cc2ccccc2F)cc1OC. The van der Waals surface area contributed by atoms with Crippen LogP contribution in [0.25, 0.3) is 0 Å². The maximum absolute atomic E-state index is 13.6. The fourth-order valence-electron chi connectivity index (χ4n) is 2.11. The summed E-state index contributed by atoms with van der Waals surface area (Å²) in [5.74, 6) is 0.585. The fraction of sp³-hybridized carbons (Fsp3) is 0.250. The van der Waals surface area contributed by atoms with Crippen molar-refractivity contribution in [2.24, 2.45) is 0 Å². The lowest BCUT2D eigenvalue weighted by atomic mass is 10.0. The molecule has 0 aromatic heterocycles. The molecule has 2 aromatic carbocycles. The highest BCUT2D eigenvalue weighted by Gasteiger charge is 2.18. The third kappa shape index (κ3) is 3.46. The van der Waals surface area contributed by atoms with Crippen LogP contribution < -0.4 is 9.47 Å². The van der Waals surface area contributed by atoms with E-state index in [2.05, 4.69) is 0 Å². The van der Waals surface area contributed by atoms with Gasteiger partial charge in [-0.05, 0) is 17.7 Å². The highest BCUT2D eigenvalue weighted by atomic mass is 35.5. The summed E-state index contributed by atoms with van der Waals surface area (Å²) in [5.41, 5.74) is 0.897. The molecule has 112 valence electrons. The number of methoxy groups -OCH3 is 2. The second-order valence-electron chi connectivity index (χ2n) is 4.54. The fourth-order valence-corrected chi connectivity index (χ4v) is 2.39. The second kappa shape index (κ2) is 6.78. The molecule has 2 rings (SSSR count). The van der Waals surface area contributed by atoms with E-state index in [0.717, 1.165) is 0 Å². The van der Waals surface area contributed by atoms with Crippen molar-refractivity contribution in [3.63, 3.8) is 0 Å². The Balaban J connectivity index is 2.31. The van der Waals surface area contributed by atoms with Gasteiger partial charge in [-0.15, -0.1) is 0 Å². The average molecular weight is 311 g/mol. The highest BCUT2D eigenvalue weighted by molar-refractivity contribution is 6.31. The summed E-state index contributed by atoms with van der Waals surface area (Å²) in [6.07, 6.45) is -0.809. The van der Waals surface area contributed by atoms with Crippen molar-refractivity contribution in [1.82, 2.24) is 0 Å². The van der Waals surface area contributed by atoms with Gasteiger partial charge in [-0.25, -0.2) is 4.39 Å². The van der Waals surface area contributed by atoms with Crippen LogP contribution >= 0.6 is 11.6 Å². The molecule has 21 heavy (non-hydrogen) atoms. The number of hydrogen-bond acceptors (Lipinski definition) is 3. The molecule has 0 spiro atoms. The van der Waals surface area contributed by atoms with E-state index in [1.165, 1.54) is 20.3 Å². The Morgan fingerprint density at radius 2 is 1.76 bits per heavy atom. The topological polar surface area (TPSA) is 38.7 Å². The van der Waals surface area contributed by atoms with Crippen molar-refractivity contribution >= 4 is 11.6 Å². The van der Waals surface area contributed by atoms with Crippen LogP contribution in [0.2, 0.25) is 5.02 Å². The summed E-state index contributed by atoms with van der Waals surface area (Å²) in [6.45, 7) is 0. The molecule has 3 nitrogen and oxygen atoms in total. The molecule has 0 aliphatic rings. The molecule has 0 amide bonds. The van der Waals surface area contributed by atoms with Crippen molar-refractivity contribution in [2.75, 3.05) is 14.2 Å². The zero-order valence-corrected chi connectivity index (χ0v) is 12.5. The number of aliphatic hydroxyl groups excluding tert-OH is 1. The zero-order valence-electron chi connectivity index (χ0n) is 11.8. The van der Waals surface area contributed by atoms with Gasteiger partial charge in [0.1, 0.15) is 5.82 Å². The van der Waals surface area contributed by atoms with Gasteiger partial charge in [0.15, 0.2) is 11.5 Å². The van der Waals surface area contributed by atoms with E-state index in [-0.39, 0.29) is 12.2 Å². The van der Waals surface area contributed by atoms with Crippen LogP contribution in [0.1, 0.15) is 17.2 Å². The molecule has 0 heterocycles. The van der Waals surface area contributed by atoms with Gasteiger partial charge in [0.05, 0.1) is 25.3 Å². The monoisotopic (exact) mass is 310 g/mol. The van der Waals surface area contributed by atoms with Crippen LogP contribution in [0.3, 0.4) is 0 Å². The van der Waals surface area contributed by atoms with E-state index in [0.29, 0.717) is 27.6 Å². The number of ether oxygens (including phenoxy) is 2. The van der Waals surface area contributed by atoms with Crippen molar-refractivity contribution in [3.8, 4) is 11.5 Å². The van der Waals surface area contributed by atoms with Crippen molar-refractivity contribution in [1.29, 1.82) is 0 Å². The number of benzene rings is 2. The van der Waals surface area contributed by atoms with E-state index >= 15 is 0 Å². The first-order valence-electron chi connectivity index (χ1n) is 6.39. The first kappa shape index (κ1) is 15.6. The average Bonchev–Trinajstić information content (AvgIpc) is 2.49. The second-order valence-corrected chi connectivity index (χ2v) is 4.95. The Morgan fingerprint density at radius 1 is 1.14 bits per heavy atom. The molecule has 2 aromatic rings. The minimum absolute atomic E-state index is 0.127. The molecule has 5 heteroatoms. The summed E-state index contributed by atoms with van der Waals surface area (Å²) in [5, 5.41) is 10.7. The van der Waals surface area contributed by atoms with Crippen molar-refractivity contribution in [3.05, 3.63) is 58.4 Å². The minimum atomic E-state index is -0.936. The Hall–Kier alpha value is -1.78. The number of aliphatic hydroxyl groups is 1. The molecule has 0 aliphatic carbocycles. The molecule has 1 unspecified atom stereocenters. The van der Waals surface area contributed by atoms with Crippen LogP contribution in [0.4, 0.5) is 4.39 Å². The summed E-state index contributed by atoms with van der Waals surface area (Å²) in [4.78, 5) is 0. The quantitative estimate of drug-likeness (QED) is 0.913. The van der Waals surface area contributed by atoms with Crippen LogP contribution in [-0.2, 0) is 6.42 Å². The van der Waals surface area contributed by atoms with E-state index in [9.17, 15) is 9.50 Å². The van der Waals surface area contributed by atoms with E-state index in [1.54, 1.807) is 30.3 Å². The van der Waals surface area contributed by atoms with Gasteiger partial charge in [-0.3, -0.25) is 0 Å². The normalized spacial score (nSPS) is 12.0. The lowest BCUT2D eigenvalue weighted by Gasteiger charge is -2.16. The van der Waals surface area contributed by atoms with E-state index in [1.807, 2.05) is 0 Å². The molecule has 0 aliphatic heterocycles. The summed E-state index contributed by atoms with van der Waals surface area (Å²) < 4.78 is 24.0. The van der Waals surface area contributed by atoms with E-state index < -0.39 is 6.10 Å². The lowest BCUT2D eigenvalue weighted by Crippen LogP contribution is -2.05. The lowest BCUT2D eigenvalue weighted by molar-refractivity contribution is 0.176. The van der Waals surface area contributed by atoms with Gasteiger partial charge >= 0.3 is 0 Å². The molecule has 0 bridgehead atoms. The number of hydrogen-bond donors (Lipinski definition) is 1. The Morgan fingerprint density at radius 3 is 2.38 bits per heavy atom. The maximum Gasteiger partial charge on any atom is 0.162 e. The van der Waals surface area contributed by atoms with Crippen molar-refractivity contribution < 1.29 is 19.0 Å². The molecule has 0 fully saturated rings. The Kier molecular flexibility index (Phi) is 5.04. The van der Waals surface area contributed by atoms with Gasteiger partial charge in [0, 0.05) is 18.1 Å². The van der Waals surface area contributed by atoms with Gasteiger partial charge in [-0.1, -0.05) is 29.8 Å². The van der Waals surface area contributed by atoms with Gasteiger partial charge in [0.25, 0.3) is 0 Å². The third-order valence-corrected chi connectivity index (χ3v) is 3.56. The molecule has 1 N–H and O–H groups in total. The Labute approximate surface area is 127 Å². The first-order valence-corrected chi connectivity index (χ1v) is 6.77. The molecular weight excluding hydrogens is 295 g/mol. The van der Waals surface area contributed by atoms with Crippen LogP contribution in [-0.4, -0.2) is 19.3 Å². The molecular formula is C16H16ClFO3. The van der Waals surface area contributed by atoms with E-state index in [4.69, 9.17) is 21.1 Å². The van der Waals surface area contributed by atoms with Gasteiger partial charge in [0.2, 0.25) is 0 Å². The molecule has 0 saturated heterocycles. The molecule has 1 atom stereocenters. The highest BCUT2D eigenvalue weighted by Crippen LogP contribution is 2.36. The van der Waals surface area contributed by atoms with Gasteiger partial charge in [-0.2, -0.15) is 0 Å². The van der Waals surface area contributed by atoms with Crippen LogP contribution in [0.5, 0.6) is 11.5 Å².